The van der Waals surface area contributed by atoms with Crippen molar-refractivity contribution < 1.29 is 0 Å². The maximum absolute atomic E-state index is 9.35. The van der Waals surface area contributed by atoms with Gasteiger partial charge in [0.1, 0.15) is 0 Å². The highest BCUT2D eigenvalue weighted by Gasteiger charge is 2.22. The normalized spacial score (nSPS) is 21.5. The maximum Gasteiger partial charge on any atom is 0.0839 e. The van der Waals surface area contributed by atoms with Crippen LogP contribution in [0.5, 0.6) is 0 Å². The van der Waals surface area contributed by atoms with Crippen molar-refractivity contribution in [2.45, 2.75) is 12.3 Å². The number of nitriles is 1. The lowest BCUT2D eigenvalue weighted by atomic mass is 9.99. The molecule has 3 nitrogen and oxygen atoms in total. The van der Waals surface area contributed by atoms with E-state index in [-0.39, 0.29) is 5.92 Å². The Morgan fingerprint density at radius 2 is 2.16 bits per heavy atom. The predicted octanol–water partition coefficient (Wildman–Crippen LogP) is 2.18. The summed E-state index contributed by atoms with van der Waals surface area (Å²) in [6, 6.07) is 12.5. The number of benzene rings is 1. The largest absolute Gasteiger partial charge is 0.306 e. The van der Waals surface area contributed by atoms with Crippen molar-refractivity contribution in [2.75, 3.05) is 40.3 Å². The first-order chi connectivity index (χ1) is 9.19. The predicted molar refractivity (Wildman–Crippen MR) is 77.9 cm³/mol. The lowest BCUT2D eigenvalue weighted by Crippen LogP contribution is -2.30. The molecule has 2 rings (SSSR count). The van der Waals surface area contributed by atoms with Crippen LogP contribution >= 0.6 is 0 Å². The fourth-order valence-corrected chi connectivity index (χ4v) is 2.91. The van der Waals surface area contributed by atoms with Crippen molar-refractivity contribution in [3.63, 3.8) is 0 Å². The van der Waals surface area contributed by atoms with Gasteiger partial charge in [0.15, 0.2) is 0 Å². The molecular weight excluding hydrogens is 234 g/mol. The van der Waals surface area contributed by atoms with Crippen molar-refractivity contribution in [1.82, 2.24) is 9.80 Å². The number of rotatable bonds is 5. The summed E-state index contributed by atoms with van der Waals surface area (Å²) in [4.78, 5) is 4.70. The standard InChI is InChI=1S/C16H23N3/c1-18-9-8-14(11-18)12-19(2)13-16(10-17)15-6-4-3-5-7-15/h3-7,14,16H,8-9,11-13H2,1-2H3. The molecule has 102 valence electrons. The zero-order valence-corrected chi connectivity index (χ0v) is 11.9. The van der Waals surface area contributed by atoms with Crippen molar-refractivity contribution in [3.05, 3.63) is 35.9 Å². The molecule has 1 fully saturated rings. The third kappa shape index (κ3) is 4.05. The number of hydrogen-bond donors (Lipinski definition) is 0. The Kier molecular flexibility index (Phi) is 4.95. The number of hydrogen-bond acceptors (Lipinski definition) is 3. The van der Waals surface area contributed by atoms with Crippen LogP contribution in [0.2, 0.25) is 0 Å². The minimum atomic E-state index is -0.0228. The molecule has 0 aliphatic carbocycles. The van der Waals surface area contributed by atoms with Gasteiger partial charge in [-0.15, -0.1) is 0 Å². The summed E-state index contributed by atoms with van der Waals surface area (Å²) in [6.07, 6.45) is 1.28. The van der Waals surface area contributed by atoms with E-state index in [0.717, 1.165) is 24.6 Å². The van der Waals surface area contributed by atoms with Gasteiger partial charge in [-0.25, -0.2) is 0 Å². The van der Waals surface area contributed by atoms with Crippen molar-refractivity contribution >= 4 is 0 Å². The van der Waals surface area contributed by atoms with Gasteiger partial charge >= 0.3 is 0 Å². The average molecular weight is 257 g/mol. The molecule has 0 amide bonds. The fourth-order valence-electron chi connectivity index (χ4n) is 2.91. The molecule has 2 atom stereocenters. The third-order valence-electron chi connectivity index (χ3n) is 3.91. The smallest absolute Gasteiger partial charge is 0.0839 e. The van der Waals surface area contributed by atoms with E-state index in [1.54, 1.807) is 0 Å². The molecule has 0 N–H and O–H groups in total. The van der Waals surface area contributed by atoms with E-state index in [4.69, 9.17) is 0 Å². The van der Waals surface area contributed by atoms with E-state index >= 15 is 0 Å². The van der Waals surface area contributed by atoms with E-state index in [0.29, 0.717) is 0 Å². The molecule has 0 saturated carbocycles. The van der Waals surface area contributed by atoms with Gasteiger partial charge in [-0.2, -0.15) is 5.26 Å². The molecular formula is C16H23N3. The number of nitrogens with zero attached hydrogens (tertiary/aromatic N) is 3. The second-order valence-electron chi connectivity index (χ2n) is 5.73. The Morgan fingerprint density at radius 3 is 2.74 bits per heavy atom. The molecule has 1 aliphatic rings. The number of likely N-dealkylation sites (tertiary alicyclic amines) is 1. The Hall–Kier alpha value is -1.37. The van der Waals surface area contributed by atoms with Gasteiger partial charge in [0.2, 0.25) is 0 Å². The van der Waals surface area contributed by atoms with Crippen LogP contribution in [0.4, 0.5) is 0 Å². The molecule has 2 unspecified atom stereocenters. The highest BCUT2D eigenvalue weighted by atomic mass is 15.1. The molecule has 19 heavy (non-hydrogen) atoms. The topological polar surface area (TPSA) is 30.3 Å². The van der Waals surface area contributed by atoms with E-state index in [2.05, 4.69) is 30.0 Å². The zero-order valence-electron chi connectivity index (χ0n) is 11.9. The molecule has 1 aromatic carbocycles. The van der Waals surface area contributed by atoms with E-state index in [9.17, 15) is 5.26 Å². The minimum absolute atomic E-state index is 0.0228. The molecule has 0 spiro atoms. The molecule has 3 heteroatoms. The van der Waals surface area contributed by atoms with Gasteiger partial charge in [0.05, 0.1) is 12.0 Å². The van der Waals surface area contributed by atoms with Crippen molar-refractivity contribution in [3.8, 4) is 6.07 Å². The molecule has 1 aromatic rings. The lowest BCUT2D eigenvalue weighted by molar-refractivity contribution is 0.270. The SMILES string of the molecule is CN1CCC(CN(C)CC(C#N)c2ccccc2)C1. The van der Waals surface area contributed by atoms with Gasteiger partial charge in [0, 0.05) is 19.6 Å². The van der Waals surface area contributed by atoms with Crippen LogP contribution in [0.15, 0.2) is 30.3 Å². The Balaban J connectivity index is 1.87. The first-order valence-electron chi connectivity index (χ1n) is 7.00. The van der Waals surface area contributed by atoms with Crippen LogP contribution < -0.4 is 0 Å². The first-order valence-corrected chi connectivity index (χ1v) is 7.00. The van der Waals surface area contributed by atoms with Crippen LogP contribution in [0.1, 0.15) is 17.9 Å². The molecule has 0 radical (unpaired) electrons. The maximum atomic E-state index is 9.35. The van der Waals surface area contributed by atoms with Crippen LogP contribution in [0.3, 0.4) is 0 Å². The Bertz CT molecular complexity index is 423. The third-order valence-corrected chi connectivity index (χ3v) is 3.91. The zero-order chi connectivity index (χ0) is 13.7. The molecule has 1 aliphatic heterocycles. The summed E-state index contributed by atoms with van der Waals surface area (Å²) in [7, 11) is 4.31. The molecule has 0 aromatic heterocycles. The summed E-state index contributed by atoms with van der Waals surface area (Å²) in [5.41, 5.74) is 1.13. The average Bonchev–Trinajstić information content (AvgIpc) is 2.82. The lowest BCUT2D eigenvalue weighted by Gasteiger charge is -2.23. The molecule has 1 saturated heterocycles. The van der Waals surface area contributed by atoms with Gasteiger partial charge in [0.25, 0.3) is 0 Å². The molecule has 1 heterocycles. The van der Waals surface area contributed by atoms with Gasteiger partial charge in [-0.05, 0) is 38.5 Å². The van der Waals surface area contributed by atoms with Crippen LogP contribution in [0.25, 0.3) is 0 Å². The molecule has 0 bridgehead atoms. The highest BCUT2D eigenvalue weighted by Crippen LogP contribution is 2.19. The monoisotopic (exact) mass is 257 g/mol. The first kappa shape index (κ1) is 14.0. The quantitative estimate of drug-likeness (QED) is 0.810. The number of likely N-dealkylation sites (N-methyl/N-ethyl adjacent to an activating group) is 1. The Morgan fingerprint density at radius 1 is 1.42 bits per heavy atom. The second kappa shape index (κ2) is 6.70. The summed E-state index contributed by atoms with van der Waals surface area (Å²) < 4.78 is 0. The highest BCUT2D eigenvalue weighted by molar-refractivity contribution is 5.25. The van der Waals surface area contributed by atoms with Crippen LogP contribution in [-0.4, -0.2) is 50.1 Å². The van der Waals surface area contributed by atoms with E-state index < -0.39 is 0 Å². The van der Waals surface area contributed by atoms with E-state index in [1.165, 1.54) is 19.5 Å². The van der Waals surface area contributed by atoms with Gasteiger partial charge < -0.3 is 9.80 Å². The van der Waals surface area contributed by atoms with Gasteiger partial charge in [-0.3, -0.25) is 0 Å². The Labute approximate surface area is 116 Å². The van der Waals surface area contributed by atoms with Crippen LogP contribution in [-0.2, 0) is 0 Å². The van der Waals surface area contributed by atoms with Crippen molar-refractivity contribution in [2.24, 2.45) is 5.92 Å². The summed E-state index contributed by atoms with van der Waals surface area (Å²) in [6.45, 7) is 4.31. The fraction of sp³-hybridized carbons (Fsp3) is 0.562. The van der Waals surface area contributed by atoms with Crippen molar-refractivity contribution in [1.29, 1.82) is 5.26 Å². The van der Waals surface area contributed by atoms with Gasteiger partial charge in [-0.1, -0.05) is 30.3 Å². The van der Waals surface area contributed by atoms with E-state index in [1.807, 2.05) is 30.3 Å². The second-order valence-corrected chi connectivity index (χ2v) is 5.73. The van der Waals surface area contributed by atoms with Crippen LogP contribution in [0, 0.1) is 17.2 Å². The summed E-state index contributed by atoms with van der Waals surface area (Å²) >= 11 is 0. The minimum Gasteiger partial charge on any atom is -0.306 e. The summed E-state index contributed by atoms with van der Waals surface area (Å²) in [5.74, 6) is 0.732. The summed E-state index contributed by atoms with van der Waals surface area (Å²) in [5, 5.41) is 9.35.